The molecule has 0 spiro atoms. The van der Waals surface area contributed by atoms with Crippen LogP contribution in [0.1, 0.15) is 0 Å². The number of benzene rings is 1. The van der Waals surface area contributed by atoms with Crippen LogP contribution in [0.25, 0.3) is 5.69 Å². The summed E-state index contributed by atoms with van der Waals surface area (Å²) in [5, 5.41) is 0. The van der Waals surface area contributed by atoms with Crippen LogP contribution >= 0.6 is 0 Å². The Bertz CT molecular complexity index is 856. The molecule has 1 aromatic carbocycles. The Labute approximate surface area is 131 Å². The summed E-state index contributed by atoms with van der Waals surface area (Å²) in [6, 6.07) is 9.49. The van der Waals surface area contributed by atoms with Crippen molar-refractivity contribution in [1.29, 1.82) is 0 Å². The van der Waals surface area contributed by atoms with Gasteiger partial charge < -0.3 is 14.0 Å². The Morgan fingerprint density at radius 1 is 1.22 bits per heavy atom. The van der Waals surface area contributed by atoms with E-state index in [4.69, 9.17) is 9.47 Å². The van der Waals surface area contributed by atoms with Crippen molar-refractivity contribution in [2.45, 2.75) is 12.6 Å². The quantitative estimate of drug-likeness (QED) is 0.726. The van der Waals surface area contributed by atoms with E-state index < -0.39 is 0 Å². The molecule has 1 aliphatic heterocycles. The van der Waals surface area contributed by atoms with Crippen molar-refractivity contribution in [2.75, 3.05) is 6.61 Å². The van der Waals surface area contributed by atoms with Crippen LogP contribution in [0.3, 0.4) is 0 Å². The normalized spacial score (nSPS) is 15.9. The SMILES string of the molecule is O=c1ccn2c(n1)OC(COc1ccc(-n3ccnc3)cc1)C2. The van der Waals surface area contributed by atoms with Gasteiger partial charge in [-0.15, -0.1) is 0 Å². The second-order valence-corrected chi connectivity index (χ2v) is 5.22. The molecule has 23 heavy (non-hydrogen) atoms. The molecule has 3 heterocycles. The molecule has 0 fully saturated rings. The molecule has 0 saturated carbocycles. The maximum Gasteiger partial charge on any atom is 0.300 e. The summed E-state index contributed by atoms with van der Waals surface area (Å²) in [5.41, 5.74) is 0.718. The van der Waals surface area contributed by atoms with E-state index in [0.29, 0.717) is 19.2 Å². The van der Waals surface area contributed by atoms with Gasteiger partial charge in [-0.2, -0.15) is 4.98 Å². The summed E-state index contributed by atoms with van der Waals surface area (Å²) in [7, 11) is 0. The van der Waals surface area contributed by atoms with Crippen LogP contribution in [-0.4, -0.2) is 31.8 Å². The monoisotopic (exact) mass is 310 g/mol. The summed E-state index contributed by atoms with van der Waals surface area (Å²) >= 11 is 0. The maximum atomic E-state index is 11.2. The number of nitrogens with zero attached hydrogens (tertiary/aromatic N) is 4. The molecule has 0 bridgehead atoms. The van der Waals surface area contributed by atoms with Gasteiger partial charge in [0.15, 0.2) is 6.10 Å². The van der Waals surface area contributed by atoms with E-state index >= 15 is 0 Å². The van der Waals surface area contributed by atoms with E-state index in [-0.39, 0.29) is 11.7 Å². The van der Waals surface area contributed by atoms with Gasteiger partial charge in [0.2, 0.25) is 0 Å². The van der Waals surface area contributed by atoms with E-state index in [1.807, 2.05) is 35.0 Å². The van der Waals surface area contributed by atoms with Crippen LogP contribution in [0.2, 0.25) is 0 Å². The van der Waals surface area contributed by atoms with Gasteiger partial charge in [-0.3, -0.25) is 9.36 Å². The van der Waals surface area contributed by atoms with Crippen molar-refractivity contribution >= 4 is 0 Å². The minimum Gasteiger partial charge on any atom is -0.490 e. The summed E-state index contributed by atoms with van der Waals surface area (Å²) in [5.74, 6) is 0.760. The van der Waals surface area contributed by atoms with Gasteiger partial charge >= 0.3 is 0 Å². The van der Waals surface area contributed by atoms with E-state index in [2.05, 4.69) is 9.97 Å². The standard InChI is InChI=1S/C16H14N4O3/c21-15-5-7-19-9-14(23-16(19)18-15)10-22-13-3-1-12(2-4-13)20-8-6-17-11-20/h1-8,11,14H,9-10H2. The second-order valence-electron chi connectivity index (χ2n) is 5.22. The fourth-order valence-corrected chi connectivity index (χ4v) is 2.45. The first-order valence-electron chi connectivity index (χ1n) is 7.23. The minimum atomic E-state index is -0.298. The Morgan fingerprint density at radius 2 is 2.09 bits per heavy atom. The van der Waals surface area contributed by atoms with Gasteiger partial charge in [0.1, 0.15) is 12.4 Å². The highest BCUT2D eigenvalue weighted by Crippen LogP contribution is 2.19. The van der Waals surface area contributed by atoms with Crippen LogP contribution in [0.15, 0.2) is 60.0 Å². The fourth-order valence-electron chi connectivity index (χ4n) is 2.45. The summed E-state index contributed by atoms with van der Waals surface area (Å²) in [6.07, 6.45) is 6.89. The Kier molecular flexibility index (Phi) is 3.30. The highest BCUT2D eigenvalue weighted by Gasteiger charge is 2.23. The van der Waals surface area contributed by atoms with Crippen molar-refractivity contribution in [3.05, 3.63) is 65.6 Å². The molecular formula is C16H14N4O3. The molecule has 4 rings (SSSR count). The van der Waals surface area contributed by atoms with Crippen molar-refractivity contribution in [3.63, 3.8) is 0 Å². The van der Waals surface area contributed by atoms with Crippen LogP contribution in [-0.2, 0) is 6.54 Å². The number of rotatable bonds is 4. The molecule has 116 valence electrons. The zero-order chi connectivity index (χ0) is 15.6. The fraction of sp³-hybridized carbons (Fsp3) is 0.188. The third kappa shape index (κ3) is 2.80. The van der Waals surface area contributed by atoms with Gasteiger partial charge in [-0.25, -0.2) is 4.98 Å². The average Bonchev–Trinajstić information content (AvgIpc) is 3.22. The summed E-state index contributed by atoms with van der Waals surface area (Å²) in [6.45, 7) is 1.01. The third-order valence-corrected chi connectivity index (χ3v) is 3.60. The molecule has 0 N–H and O–H groups in total. The van der Waals surface area contributed by atoms with E-state index in [9.17, 15) is 4.79 Å². The smallest absolute Gasteiger partial charge is 0.300 e. The highest BCUT2D eigenvalue weighted by molar-refractivity contribution is 5.37. The van der Waals surface area contributed by atoms with Crippen molar-refractivity contribution in [1.82, 2.24) is 19.1 Å². The molecule has 0 radical (unpaired) electrons. The highest BCUT2D eigenvalue weighted by atomic mass is 16.6. The number of imidazole rings is 1. The predicted octanol–water partition coefficient (Wildman–Crippen LogP) is 1.27. The van der Waals surface area contributed by atoms with Crippen molar-refractivity contribution < 1.29 is 9.47 Å². The largest absolute Gasteiger partial charge is 0.490 e. The number of hydrogen-bond acceptors (Lipinski definition) is 5. The minimum absolute atomic E-state index is 0.155. The van der Waals surface area contributed by atoms with Crippen LogP contribution in [0, 0.1) is 0 Å². The molecule has 0 amide bonds. The van der Waals surface area contributed by atoms with Gasteiger partial charge in [-0.05, 0) is 24.3 Å². The topological polar surface area (TPSA) is 71.2 Å². The zero-order valence-electron chi connectivity index (χ0n) is 12.2. The second kappa shape index (κ2) is 5.60. The summed E-state index contributed by atoms with van der Waals surface area (Å²) < 4.78 is 15.1. The number of fused-ring (bicyclic) bond motifs is 1. The van der Waals surface area contributed by atoms with Crippen molar-refractivity contribution in [3.8, 4) is 17.4 Å². The molecule has 7 heteroatoms. The first kappa shape index (κ1) is 13.6. The van der Waals surface area contributed by atoms with Gasteiger partial charge in [0, 0.05) is 30.3 Å². The molecule has 1 aliphatic rings. The molecule has 2 aromatic heterocycles. The first-order chi connectivity index (χ1) is 11.3. The Hall–Kier alpha value is -3.09. The maximum absolute atomic E-state index is 11.2. The predicted molar refractivity (Wildman–Crippen MR) is 82.0 cm³/mol. The molecular weight excluding hydrogens is 296 g/mol. The average molecular weight is 310 g/mol. The molecule has 1 atom stereocenters. The molecule has 3 aromatic rings. The van der Waals surface area contributed by atoms with Crippen molar-refractivity contribution in [2.24, 2.45) is 0 Å². The molecule has 0 aliphatic carbocycles. The molecule has 1 unspecified atom stereocenters. The van der Waals surface area contributed by atoms with Gasteiger partial charge in [0.05, 0.1) is 12.9 Å². The van der Waals surface area contributed by atoms with Gasteiger partial charge in [-0.1, -0.05) is 0 Å². The Balaban J connectivity index is 1.38. The molecule has 7 nitrogen and oxygen atoms in total. The van der Waals surface area contributed by atoms with E-state index in [0.717, 1.165) is 11.4 Å². The van der Waals surface area contributed by atoms with Crippen LogP contribution in [0.4, 0.5) is 0 Å². The van der Waals surface area contributed by atoms with E-state index in [1.54, 1.807) is 23.3 Å². The number of ether oxygens (including phenoxy) is 2. The summed E-state index contributed by atoms with van der Waals surface area (Å²) in [4.78, 5) is 19.0. The lowest BCUT2D eigenvalue weighted by molar-refractivity contribution is 0.143. The number of hydrogen-bond donors (Lipinski definition) is 0. The first-order valence-corrected chi connectivity index (χ1v) is 7.23. The molecule has 0 saturated heterocycles. The zero-order valence-corrected chi connectivity index (χ0v) is 12.2. The van der Waals surface area contributed by atoms with E-state index in [1.165, 1.54) is 6.07 Å². The lowest BCUT2D eigenvalue weighted by Crippen LogP contribution is -2.23. The lowest BCUT2D eigenvalue weighted by atomic mass is 10.3. The van der Waals surface area contributed by atoms with Gasteiger partial charge in [0.25, 0.3) is 11.6 Å². The van der Waals surface area contributed by atoms with Crippen LogP contribution in [0.5, 0.6) is 11.8 Å². The number of aromatic nitrogens is 4. The third-order valence-electron chi connectivity index (χ3n) is 3.60. The lowest BCUT2D eigenvalue weighted by Gasteiger charge is -2.11. The van der Waals surface area contributed by atoms with Crippen LogP contribution < -0.4 is 15.0 Å². The Morgan fingerprint density at radius 3 is 2.87 bits per heavy atom.